The van der Waals surface area contributed by atoms with Crippen molar-refractivity contribution in [1.82, 2.24) is 30.1 Å². The summed E-state index contributed by atoms with van der Waals surface area (Å²) in [6, 6.07) is 9.97. The monoisotopic (exact) mass is 336 g/mol. The van der Waals surface area contributed by atoms with Gasteiger partial charge in [0.1, 0.15) is 0 Å². The molecule has 0 spiro atoms. The third-order valence-corrected chi connectivity index (χ3v) is 4.48. The van der Waals surface area contributed by atoms with Gasteiger partial charge in [0.15, 0.2) is 5.69 Å². The number of rotatable bonds is 4. The van der Waals surface area contributed by atoms with E-state index in [1.54, 1.807) is 10.9 Å². The zero-order valence-corrected chi connectivity index (χ0v) is 14.1. The summed E-state index contributed by atoms with van der Waals surface area (Å²) in [6.45, 7) is 0.595. The molecule has 4 rings (SSSR count). The summed E-state index contributed by atoms with van der Waals surface area (Å²) in [7, 11) is 1.91. The number of aromatic nitrogens is 5. The van der Waals surface area contributed by atoms with Gasteiger partial charge in [0, 0.05) is 18.8 Å². The number of nitrogens with one attached hydrogen (secondary N) is 1. The summed E-state index contributed by atoms with van der Waals surface area (Å²) >= 11 is 0. The molecule has 0 fully saturated rings. The van der Waals surface area contributed by atoms with Gasteiger partial charge in [-0.05, 0) is 24.8 Å². The van der Waals surface area contributed by atoms with Crippen molar-refractivity contribution in [3.8, 4) is 0 Å². The van der Waals surface area contributed by atoms with Crippen molar-refractivity contribution in [2.24, 2.45) is 7.05 Å². The topological polar surface area (TPSA) is 77.6 Å². The van der Waals surface area contributed by atoms with Crippen molar-refractivity contribution in [3.63, 3.8) is 0 Å². The number of carbonyl (C=O) groups excluding carboxylic acids is 1. The highest BCUT2D eigenvalue weighted by molar-refractivity contribution is 5.92. The molecule has 1 amide bonds. The number of aryl methyl sites for hydroxylation is 2. The maximum Gasteiger partial charge on any atom is 0.273 e. The van der Waals surface area contributed by atoms with Crippen LogP contribution in [0.3, 0.4) is 0 Å². The molecule has 1 aromatic carbocycles. The summed E-state index contributed by atoms with van der Waals surface area (Å²) < 4.78 is 3.49. The van der Waals surface area contributed by atoms with Crippen LogP contribution in [0.2, 0.25) is 0 Å². The van der Waals surface area contributed by atoms with Crippen molar-refractivity contribution in [1.29, 1.82) is 0 Å². The van der Waals surface area contributed by atoms with Gasteiger partial charge in [-0.1, -0.05) is 35.5 Å². The van der Waals surface area contributed by atoms with Gasteiger partial charge in [0.25, 0.3) is 5.91 Å². The molecule has 3 aromatic rings. The van der Waals surface area contributed by atoms with Gasteiger partial charge in [-0.25, -0.2) is 4.68 Å². The van der Waals surface area contributed by atoms with Crippen LogP contribution in [-0.2, 0) is 20.0 Å². The lowest BCUT2D eigenvalue weighted by Crippen LogP contribution is -2.30. The molecule has 0 radical (unpaired) electrons. The predicted molar refractivity (Wildman–Crippen MR) is 91.9 cm³/mol. The quantitative estimate of drug-likeness (QED) is 0.789. The van der Waals surface area contributed by atoms with E-state index in [4.69, 9.17) is 0 Å². The lowest BCUT2D eigenvalue weighted by Gasteiger charge is -2.22. The molecule has 25 heavy (non-hydrogen) atoms. The Bertz CT molecular complexity index is 882. The summed E-state index contributed by atoms with van der Waals surface area (Å²) in [6.07, 6.45) is 6.59. The molecule has 7 nitrogen and oxygen atoms in total. The molecule has 1 unspecified atom stereocenters. The number of amides is 1. The Morgan fingerprint density at radius 3 is 2.96 bits per heavy atom. The highest BCUT2D eigenvalue weighted by Crippen LogP contribution is 2.28. The van der Waals surface area contributed by atoms with Crippen LogP contribution in [-0.4, -0.2) is 30.7 Å². The first-order valence-electron chi connectivity index (χ1n) is 8.46. The van der Waals surface area contributed by atoms with Crippen LogP contribution in [0, 0.1) is 0 Å². The first-order chi connectivity index (χ1) is 12.2. The number of benzene rings is 1. The summed E-state index contributed by atoms with van der Waals surface area (Å²) in [5.74, 6) is -0.194. The summed E-state index contributed by atoms with van der Waals surface area (Å²) in [4.78, 5) is 12.5. The molecule has 2 heterocycles. The van der Waals surface area contributed by atoms with Crippen LogP contribution in [0.5, 0.6) is 0 Å². The van der Waals surface area contributed by atoms with Gasteiger partial charge < -0.3 is 5.32 Å². The van der Waals surface area contributed by atoms with Gasteiger partial charge in [0.05, 0.1) is 24.5 Å². The molecular weight excluding hydrogens is 316 g/mol. The zero-order valence-electron chi connectivity index (χ0n) is 14.1. The van der Waals surface area contributed by atoms with Crippen molar-refractivity contribution in [2.75, 3.05) is 0 Å². The van der Waals surface area contributed by atoms with Gasteiger partial charge in [-0.15, -0.1) is 5.10 Å². The molecule has 1 atom stereocenters. The first-order valence-corrected chi connectivity index (χ1v) is 8.46. The average Bonchev–Trinajstić information content (AvgIpc) is 3.22. The van der Waals surface area contributed by atoms with Crippen molar-refractivity contribution in [2.45, 2.75) is 31.8 Å². The standard InChI is InChI=1S/C18H20N6O/c1-23-11-14-15(8-5-9-16(14)21-23)19-18(25)17-12-24(22-20-17)10-13-6-3-2-4-7-13/h2-4,6-7,11-12,15H,5,8-10H2,1H3,(H,19,25). The normalized spacial score (nSPS) is 16.4. The Labute approximate surface area is 145 Å². The molecule has 0 aliphatic heterocycles. The minimum Gasteiger partial charge on any atom is -0.344 e. The van der Waals surface area contributed by atoms with Crippen molar-refractivity contribution < 1.29 is 4.79 Å². The van der Waals surface area contributed by atoms with Crippen LogP contribution in [0.4, 0.5) is 0 Å². The molecule has 7 heteroatoms. The predicted octanol–water partition coefficient (Wildman–Crippen LogP) is 1.87. The van der Waals surface area contributed by atoms with E-state index >= 15 is 0 Å². The SMILES string of the molecule is Cn1cc2c(n1)CCCC2NC(=O)c1cn(Cc2ccccc2)nn1. The molecule has 0 saturated carbocycles. The highest BCUT2D eigenvalue weighted by atomic mass is 16.2. The van der Waals surface area contributed by atoms with Gasteiger partial charge >= 0.3 is 0 Å². The fourth-order valence-corrected chi connectivity index (χ4v) is 3.30. The van der Waals surface area contributed by atoms with Crippen LogP contribution >= 0.6 is 0 Å². The number of hydrogen-bond acceptors (Lipinski definition) is 4. The smallest absolute Gasteiger partial charge is 0.273 e. The van der Waals surface area contributed by atoms with E-state index in [1.165, 1.54) is 0 Å². The maximum atomic E-state index is 12.5. The third-order valence-electron chi connectivity index (χ3n) is 4.48. The van der Waals surface area contributed by atoms with E-state index in [-0.39, 0.29) is 11.9 Å². The van der Waals surface area contributed by atoms with E-state index in [1.807, 2.05) is 48.3 Å². The fourth-order valence-electron chi connectivity index (χ4n) is 3.30. The van der Waals surface area contributed by atoms with Crippen LogP contribution in [0.1, 0.15) is 46.2 Å². The lowest BCUT2D eigenvalue weighted by molar-refractivity contribution is 0.0927. The van der Waals surface area contributed by atoms with E-state index < -0.39 is 0 Å². The lowest BCUT2D eigenvalue weighted by atomic mass is 9.93. The zero-order chi connectivity index (χ0) is 17.2. The second-order valence-corrected chi connectivity index (χ2v) is 6.41. The maximum absolute atomic E-state index is 12.5. The van der Waals surface area contributed by atoms with Crippen molar-refractivity contribution in [3.05, 3.63) is 65.2 Å². The van der Waals surface area contributed by atoms with Crippen LogP contribution in [0.15, 0.2) is 42.7 Å². The number of fused-ring (bicyclic) bond motifs is 1. The molecule has 0 bridgehead atoms. The second kappa shape index (κ2) is 6.51. The highest BCUT2D eigenvalue weighted by Gasteiger charge is 2.25. The molecule has 1 N–H and O–H groups in total. The summed E-state index contributed by atoms with van der Waals surface area (Å²) in [5.41, 5.74) is 3.64. The van der Waals surface area contributed by atoms with Crippen molar-refractivity contribution >= 4 is 5.91 Å². The first kappa shape index (κ1) is 15.6. The molecular formula is C18H20N6O. The Kier molecular flexibility index (Phi) is 4.05. The number of hydrogen-bond donors (Lipinski definition) is 1. The summed E-state index contributed by atoms with van der Waals surface area (Å²) in [5, 5.41) is 15.6. The van der Waals surface area contributed by atoms with Crippen LogP contribution in [0.25, 0.3) is 0 Å². The Hall–Kier alpha value is -2.96. The van der Waals surface area contributed by atoms with Gasteiger partial charge in [-0.2, -0.15) is 5.10 Å². The Morgan fingerprint density at radius 2 is 2.12 bits per heavy atom. The fraction of sp³-hybridized carbons (Fsp3) is 0.333. The molecule has 128 valence electrons. The van der Waals surface area contributed by atoms with Crippen LogP contribution < -0.4 is 5.32 Å². The molecule has 0 saturated heterocycles. The largest absolute Gasteiger partial charge is 0.344 e. The number of nitrogens with zero attached hydrogens (tertiary/aromatic N) is 5. The molecule has 2 aromatic heterocycles. The van der Waals surface area contributed by atoms with E-state index in [0.29, 0.717) is 12.2 Å². The van der Waals surface area contributed by atoms with Gasteiger partial charge in [0.2, 0.25) is 0 Å². The van der Waals surface area contributed by atoms with E-state index in [0.717, 1.165) is 36.1 Å². The van der Waals surface area contributed by atoms with Gasteiger partial charge in [-0.3, -0.25) is 9.48 Å². The second-order valence-electron chi connectivity index (χ2n) is 6.41. The van der Waals surface area contributed by atoms with E-state index in [2.05, 4.69) is 20.7 Å². The van der Waals surface area contributed by atoms with E-state index in [9.17, 15) is 4.79 Å². The minimum absolute atomic E-state index is 0.00998. The minimum atomic E-state index is -0.194. The Balaban J connectivity index is 1.45. The number of carbonyl (C=O) groups is 1. The Morgan fingerprint density at radius 1 is 1.28 bits per heavy atom. The molecule has 1 aliphatic rings. The average molecular weight is 336 g/mol. The third kappa shape index (κ3) is 3.31. The molecule has 1 aliphatic carbocycles.